The van der Waals surface area contributed by atoms with Crippen LogP contribution in [-0.2, 0) is 4.79 Å². The van der Waals surface area contributed by atoms with Crippen LogP contribution in [0, 0.1) is 5.92 Å². The molecule has 0 N–H and O–H groups in total. The zero-order chi connectivity index (χ0) is 9.68. The first-order valence-electron chi connectivity index (χ1n) is 4.64. The van der Waals surface area contributed by atoms with E-state index in [9.17, 15) is 4.79 Å². The molecule has 0 bridgehead atoms. The van der Waals surface area contributed by atoms with Crippen LogP contribution in [0.5, 0.6) is 0 Å². The van der Waals surface area contributed by atoms with E-state index in [2.05, 4.69) is 15.9 Å². The second-order valence-electron chi connectivity index (χ2n) is 3.36. The molecule has 0 aromatic carbocycles. The largest absolute Gasteiger partial charge is 0.345 e. The molecule has 0 aromatic heterocycles. The summed E-state index contributed by atoms with van der Waals surface area (Å²) in [6.45, 7) is 0.880. The molecule has 0 aromatic rings. The van der Waals surface area contributed by atoms with Crippen molar-refractivity contribution in [1.82, 2.24) is 4.90 Å². The molecule has 1 fully saturated rings. The van der Waals surface area contributed by atoms with Gasteiger partial charge in [0.15, 0.2) is 0 Å². The molecule has 2 nitrogen and oxygen atoms in total. The summed E-state index contributed by atoms with van der Waals surface area (Å²) in [4.78, 5) is 13.6. The molecule has 1 aliphatic heterocycles. The maximum absolute atomic E-state index is 11.7. The van der Waals surface area contributed by atoms with Crippen molar-refractivity contribution in [2.75, 3.05) is 30.4 Å². The van der Waals surface area contributed by atoms with E-state index < -0.39 is 0 Å². The number of carbonyl (C=O) groups is 1. The normalized spacial score (nSPS) is 21.8. The average Bonchev–Trinajstić information content (AvgIpc) is 2.65. The van der Waals surface area contributed by atoms with Gasteiger partial charge in [0.05, 0.1) is 0 Å². The van der Waals surface area contributed by atoms with Crippen LogP contribution in [0.15, 0.2) is 0 Å². The van der Waals surface area contributed by atoms with Gasteiger partial charge in [-0.15, -0.1) is 0 Å². The highest BCUT2D eigenvalue weighted by molar-refractivity contribution is 9.09. The number of hydrogen-bond donors (Lipinski definition) is 0. The summed E-state index contributed by atoms with van der Waals surface area (Å²) in [5.74, 6) is 2.82. The number of carbonyl (C=O) groups excluding carboxylic acids is 1. The van der Waals surface area contributed by atoms with Gasteiger partial charge in [-0.1, -0.05) is 15.9 Å². The number of amides is 1. The van der Waals surface area contributed by atoms with Crippen molar-refractivity contribution in [1.29, 1.82) is 0 Å². The molecule has 1 heterocycles. The minimum absolute atomic E-state index is 0.297. The molecule has 1 unspecified atom stereocenters. The maximum Gasteiger partial charge on any atom is 0.226 e. The van der Waals surface area contributed by atoms with Crippen LogP contribution < -0.4 is 0 Å². The molecule has 4 heteroatoms. The Morgan fingerprint density at radius 2 is 2.46 bits per heavy atom. The maximum atomic E-state index is 11.7. The summed E-state index contributed by atoms with van der Waals surface area (Å²) in [5, 5.41) is 0.976. The highest BCUT2D eigenvalue weighted by Gasteiger charge is 2.25. The fourth-order valence-corrected chi connectivity index (χ4v) is 2.91. The molecule has 0 aliphatic carbocycles. The number of halogens is 1. The van der Waals surface area contributed by atoms with E-state index >= 15 is 0 Å². The van der Waals surface area contributed by atoms with E-state index in [1.54, 1.807) is 0 Å². The first kappa shape index (κ1) is 11.4. The van der Waals surface area contributed by atoms with E-state index in [4.69, 9.17) is 0 Å². The van der Waals surface area contributed by atoms with Crippen molar-refractivity contribution < 1.29 is 4.79 Å². The second kappa shape index (κ2) is 5.91. The minimum Gasteiger partial charge on any atom is -0.345 e. The molecule has 1 aliphatic rings. The van der Waals surface area contributed by atoms with E-state index in [1.807, 2.05) is 23.7 Å². The molecular formula is C9H16BrNOS. The standard InChI is InChI=1S/C9H16BrNOS/c1-11(5-2-4-10)9(12)8-3-6-13-7-8/h8H,2-7H2,1H3. The van der Waals surface area contributed by atoms with E-state index in [-0.39, 0.29) is 0 Å². The van der Waals surface area contributed by atoms with Gasteiger partial charge in [0.1, 0.15) is 0 Å². The van der Waals surface area contributed by atoms with Crippen LogP contribution in [0.25, 0.3) is 0 Å². The first-order valence-corrected chi connectivity index (χ1v) is 6.92. The van der Waals surface area contributed by atoms with Crippen molar-refractivity contribution in [3.8, 4) is 0 Å². The van der Waals surface area contributed by atoms with Crippen LogP contribution in [0.3, 0.4) is 0 Å². The van der Waals surface area contributed by atoms with Gasteiger partial charge in [-0.2, -0.15) is 11.8 Å². The molecule has 76 valence electrons. The van der Waals surface area contributed by atoms with E-state index in [1.165, 1.54) is 0 Å². The lowest BCUT2D eigenvalue weighted by Gasteiger charge is -2.19. The van der Waals surface area contributed by atoms with Gasteiger partial charge in [-0.05, 0) is 18.6 Å². The summed E-state index contributed by atoms with van der Waals surface area (Å²) in [5.41, 5.74) is 0. The smallest absolute Gasteiger partial charge is 0.226 e. The highest BCUT2D eigenvalue weighted by atomic mass is 79.9. The molecule has 13 heavy (non-hydrogen) atoms. The quantitative estimate of drug-likeness (QED) is 0.725. The molecule has 1 saturated heterocycles. The third-order valence-corrected chi connectivity index (χ3v) is 4.01. The molecular weight excluding hydrogens is 250 g/mol. The lowest BCUT2D eigenvalue weighted by atomic mass is 10.1. The van der Waals surface area contributed by atoms with Crippen molar-refractivity contribution >= 4 is 33.6 Å². The van der Waals surface area contributed by atoms with Gasteiger partial charge in [-0.25, -0.2) is 0 Å². The van der Waals surface area contributed by atoms with Crippen LogP contribution in [-0.4, -0.2) is 41.2 Å². The molecule has 0 radical (unpaired) electrons. The Labute approximate surface area is 92.6 Å². The Kier molecular flexibility index (Phi) is 5.17. The minimum atomic E-state index is 0.297. The van der Waals surface area contributed by atoms with Gasteiger partial charge >= 0.3 is 0 Å². The molecule has 0 spiro atoms. The SMILES string of the molecule is CN(CCCBr)C(=O)C1CCSC1. The van der Waals surface area contributed by atoms with Gasteiger partial charge in [-0.3, -0.25) is 4.79 Å². The number of rotatable bonds is 4. The Balaban J connectivity index is 2.28. The molecule has 1 rings (SSSR count). The zero-order valence-electron chi connectivity index (χ0n) is 7.96. The van der Waals surface area contributed by atoms with E-state index in [0.717, 1.165) is 36.2 Å². The van der Waals surface area contributed by atoms with Gasteiger partial charge in [0.2, 0.25) is 5.91 Å². The summed E-state index contributed by atoms with van der Waals surface area (Å²) >= 11 is 5.26. The second-order valence-corrected chi connectivity index (χ2v) is 5.31. The highest BCUT2D eigenvalue weighted by Crippen LogP contribution is 2.24. The summed E-state index contributed by atoms with van der Waals surface area (Å²) in [6, 6.07) is 0. The van der Waals surface area contributed by atoms with Crippen LogP contribution in [0.2, 0.25) is 0 Å². The van der Waals surface area contributed by atoms with Crippen molar-refractivity contribution in [2.24, 2.45) is 5.92 Å². The zero-order valence-corrected chi connectivity index (χ0v) is 10.4. The number of alkyl halides is 1. The van der Waals surface area contributed by atoms with Gasteiger partial charge < -0.3 is 4.90 Å². The summed E-state index contributed by atoms with van der Waals surface area (Å²) < 4.78 is 0. The fraction of sp³-hybridized carbons (Fsp3) is 0.889. The van der Waals surface area contributed by atoms with Crippen molar-refractivity contribution in [2.45, 2.75) is 12.8 Å². The topological polar surface area (TPSA) is 20.3 Å². The summed E-state index contributed by atoms with van der Waals surface area (Å²) in [7, 11) is 1.91. The average molecular weight is 266 g/mol. The lowest BCUT2D eigenvalue weighted by Crippen LogP contribution is -2.33. The van der Waals surface area contributed by atoms with Crippen LogP contribution in [0.1, 0.15) is 12.8 Å². The predicted molar refractivity (Wildman–Crippen MR) is 61.5 cm³/mol. The number of nitrogens with zero attached hydrogens (tertiary/aromatic N) is 1. The lowest BCUT2D eigenvalue weighted by molar-refractivity contribution is -0.133. The third kappa shape index (κ3) is 3.50. The Morgan fingerprint density at radius 3 is 3.00 bits per heavy atom. The Hall–Kier alpha value is 0.300. The summed E-state index contributed by atoms with van der Waals surface area (Å²) in [6.07, 6.45) is 2.12. The predicted octanol–water partition coefficient (Wildman–Crippen LogP) is 1.98. The Bertz CT molecular complexity index is 171. The number of hydrogen-bond acceptors (Lipinski definition) is 2. The van der Waals surface area contributed by atoms with Crippen molar-refractivity contribution in [3.63, 3.8) is 0 Å². The monoisotopic (exact) mass is 265 g/mol. The Morgan fingerprint density at radius 1 is 1.69 bits per heavy atom. The third-order valence-electron chi connectivity index (χ3n) is 2.28. The van der Waals surface area contributed by atoms with Crippen LogP contribution in [0.4, 0.5) is 0 Å². The first-order chi connectivity index (χ1) is 6.25. The number of thioether (sulfide) groups is 1. The van der Waals surface area contributed by atoms with Gasteiger partial charge in [0.25, 0.3) is 0 Å². The molecule has 0 saturated carbocycles. The van der Waals surface area contributed by atoms with Crippen molar-refractivity contribution in [3.05, 3.63) is 0 Å². The fourth-order valence-electron chi connectivity index (χ4n) is 1.45. The molecule has 1 atom stereocenters. The van der Waals surface area contributed by atoms with E-state index in [0.29, 0.717) is 11.8 Å². The van der Waals surface area contributed by atoms with Crippen LogP contribution >= 0.6 is 27.7 Å². The molecule has 1 amide bonds. The van der Waals surface area contributed by atoms with Gasteiger partial charge in [0, 0.05) is 30.6 Å².